The van der Waals surface area contributed by atoms with E-state index in [0.717, 1.165) is 31.6 Å². The van der Waals surface area contributed by atoms with Crippen molar-refractivity contribution in [3.8, 4) is 0 Å². The number of hydrogen-bond acceptors (Lipinski definition) is 2. The molecule has 150 valence electrons. The molecule has 0 aliphatic heterocycles. The van der Waals surface area contributed by atoms with Crippen molar-refractivity contribution in [2.45, 2.75) is 124 Å². The Morgan fingerprint density at radius 3 is 1.84 bits per heavy atom. The number of unbranched alkanes of at least 4 members (excludes halogenated alkanes) is 9. The van der Waals surface area contributed by atoms with Crippen molar-refractivity contribution in [2.24, 2.45) is 11.8 Å². The van der Waals surface area contributed by atoms with Gasteiger partial charge in [-0.25, -0.2) is 0 Å². The summed E-state index contributed by atoms with van der Waals surface area (Å²) < 4.78 is 5.56. The fourth-order valence-electron chi connectivity index (χ4n) is 3.38. The molecule has 2 nitrogen and oxygen atoms in total. The van der Waals surface area contributed by atoms with Crippen LogP contribution in [-0.4, -0.2) is 12.6 Å². The lowest BCUT2D eigenvalue weighted by Gasteiger charge is -2.15. The van der Waals surface area contributed by atoms with Crippen molar-refractivity contribution >= 4 is 5.97 Å². The number of rotatable bonds is 18. The average molecular weight is 355 g/mol. The lowest BCUT2D eigenvalue weighted by molar-refractivity contribution is -0.149. The molecule has 1 unspecified atom stereocenters. The molecule has 0 aliphatic carbocycles. The Hall–Kier alpha value is -0.530. The van der Waals surface area contributed by atoms with Gasteiger partial charge in [-0.2, -0.15) is 0 Å². The van der Waals surface area contributed by atoms with Gasteiger partial charge in [-0.1, -0.05) is 105 Å². The Morgan fingerprint density at radius 2 is 1.24 bits per heavy atom. The van der Waals surface area contributed by atoms with Crippen LogP contribution in [0, 0.1) is 11.8 Å². The zero-order valence-electron chi connectivity index (χ0n) is 17.8. The molecule has 0 bridgehead atoms. The Morgan fingerprint density at radius 1 is 0.680 bits per heavy atom. The van der Waals surface area contributed by atoms with Crippen LogP contribution in [0.1, 0.15) is 124 Å². The molecule has 0 aromatic carbocycles. The molecular formula is C23H46O2. The van der Waals surface area contributed by atoms with Crippen LogP contribution in [0.15, 0.2) is 0 Å². The van der Waals surface area contributed by atoms with Gasteiger partial charge in [0.15, 0.2) is 0 Å². The van der Waals surface area contributed by atoms with Gasteiger partial charge in [0.05, 0.1) is 12.5 Å². The SMILES string of the molecule is CCCCCCCCC(CCC)C(=O)OCCCCCCCC(C)C. The molecule has 0 aromatic heterocycles. The number of esters is 1. The molecule has 0 saturated heterocycles. The summed E-state index contributed by atoms with van der Waals surface area (Å²) in [5.74, 6) is 1.03. The minimum absolute atomic E-state index is 0.0650. The van der Waals surface area contributed by atoms with Gasteiger partial charge in [-0.15, -0.1) is 0 Å². The van der Waals surface area contributed by atoms with Crippen LogP contribution in [0.3, 0.4) is 0 Å². The van der Waals surface area contributed by atoms with Gasteiger partial charge < -0.3 is 4.74 Å². The molecule has 0 aromatic rings. The minimum Gasteiger partial charge on any atom is -0.465 e. The maximum absolute atomic E-state index is 12.3. The Bertz CT molecular complexity index is 286. The molecule has 25 heavy (non-hydrogen) atoms. The summed E-state index contributed by atoms with van der Waals surface area (Å²) in [6.45, 7) is 9.62. The van der Waals surface area contributed by atoms with Gasteiger partial charge in [0.2, 0.25) is 0 Å². The van der Waals surface area contributed by atoms with Gasteiger partial charge in [0.25, 0.3) is 0 Å². The molecule has 0 N–H and O–H groups in total. The Balaban J connectivity index is 3.68. The zero-order valence-corrected chi connectivity index (χ0v) is 17.8. The van der Waals surface area contributed by atoms with Crippen molar-refractivity contribution in [3.05, 3.63) is 0 Å². The zero-order chi connectivity index (χ0) is 18.8. The maximum atomic E-state index is 12.3. The number of hydrogen-bond donors (Lipinski definition) is 0. The van der Waals surface area contributed by atoms with Gasteiger partial charge in [0, 0.05) is 0 Å². The van der Waals surface area contributed by atoms with Gasteiger partial charge in [-0.3, -0.25) is 4.79 Å². The fourth-order valence-corrected chi connectivity index (χ4v) is 3.38. The lowest BCUT2D eigenvalue weighted by Crippen LogP contribution is -2.18. The molecule has 0 rings (SSSR count). The summed E-state index contributed by atoms with van der Waals surface area (Å²) in [5.41, 5.74) is 0. The van der Waals surface area contributed by atoms with E-state index in [9.17, 15) is 4.79 Å². The van der Waals surface area contributed by atoms with Crippen molar-refractivity contribution in [1.29, 1.82) is 0 Å². The van der Waals surface area contributed by atoms with E-state index >= 15 is 0 Å². The number of carbonyl (C=O) groups excluding carboxylic acids is 1. The third kappa shape index (κ3) is 16.7. The van der Waals surface area contributed by atoms with Crippen molar-refractivity contribution in [1.82, 2.24) is 0 Å². The average Bonchev–Trinajstić information content (AvgIpc) is 2.58. The summed E-state index contributed by atoms with van der Waals surface area (Å²) in [7, 11) is 0. The van der Waals surface area contributed by atoms with Crippen LogP contribution in [0.5, 0.6) is 0 Å². The van der Waals surface area contributed by atoms with Crippen LogP contribution in [0.2, 0.25) is 0 Å². The van der Waals surface area contributed by atoms with E-state index in [2.05, 4.69) is 27.7 Å². The first-order valence-corrected chi connectivity index (χ1v) is 11.3. The summed E-state index contributed by atoms with van der Waals surface area (Å²) in [6, 6.07) is 0. The third-order valence-corrected chi connectivity index (χ3v) is 5.05. The van der Waals surface area contributed by atoms with E-state index < -0.39 is 0 Å². The quantitative estimate of drug-likeness (QED) is 0.186. The Labute approximate surface area is 158 Å². The highest BCUT2D eigenvalue weighted by Gasteiger charge is 2.18. The van der Waals surface area contributed by atoms with Crippen molar-refractivity contribution in [3.63, 3.8) is 0 Å². The molecule has 0 fully saturated rings. The monoisotopic (exact) mass is 354 g/mol. The second kappa shape index (κ2) is 18.3. The highest BCUT2D eigenvalue weighted by Crippen LogP contribution is 2.19. The fraction of sp³-hybridized carbons (Fsp3) is 0.957. The molecule has 0 aliphatic rings. The molecule has 2 heteroatoms. The van der Waals surface area contributed by atoms with Crippen LogP contribution in [0.25, 0.3) is 0 Å². The summed E-state index contributed by atoms with van der Waals surface area (Å²) in [6.07, 6.45) is 18.3. The van der Waals surface area contributed by atoms with E-state index in [4.69, 9.17) is 4.74 Å². The maximum Gasteiger partial charge on any atom is 0.308 e. The van der Waals surface area contributed by atoms with Gasteiger partial charge >= 0.3 is 5.97 Å². The minimum atomic E-state index is 0.0650. The first-order chi connectivity index (χ1) is 12.1. The highest BCUT2D eigenvalue weighted by atomic mass is 16.5. The van der Waals surface area contributed by atoms with Gasteiger partial charge in [-0.05, 0) is 25.2 Å². The van der Waals surface area contributed by atoms with Crippen molar-refractivity contribution < 1.29 is 9.53 Å². The first kappa shape index (κ1) is 24.5. The second-order valence-electron chi connectivity index (χ2n) is 8.16. The van der Waals surface area contributed by atoms with Crippen LogP contribution in [-0.2, 0) is 9.53 Å². The molecular weight excluding hydrogens is 308 g/mol. The molecule has 0 amide bonds. The number of carbonyl (C=O) groups is 1. The normalized spacial score (nSPS) is 12.5. The van der Waals surface area contributed by atoms with Crippen molar-refractivity contribution in [2.75, 3.05) is 6.61 Å². The lowest BCUT2D eigenvalue weighted by atomic mass is 9.96. The molecule has 0 saturated carbocycles. The van der Waals surface area contributed by atoms with Crippen LogP contribution >= 0.6 is 0 Å². The third-order valence-electron chi connectivity index (χ3n) is 5.05. The van der Waals surface area contributed by atoms with E-state index in [0.29, 0.717) is 6.61 Å². The largest absolute Gasteiger partial charge is 0.465 e. The standard InChI is InChI=1S/C23H46O2/c1-5-7-8-9-12-15-19-22(17-6-2)23(24)25-20-16-13-10-11-14-18-21(3)4/h21-22H,5-20H2,1-4H3. The summed E-state index contributed by atoms with van der Waals surface area (Å²) >= 11 is 0. The molecule has 0 radical (unpaired) electrons. The van der Waals surface area contributed by atoms with Gasteiger partial charge in [0.1, 0.15) is 0 Å². The summed E-state index contributed by atoms with van der Waals surface area (Å²) in [4.78, 5) is 12.3. The number of ether oxygens (including phenoxy) is 1. The first-order valence-electron chi connectivity index (χ1n) is 11.3. The summed E-state index contributed by atoms with van der Waals surface area (Å²) in [5, 5.41) is 0. The van der Waals surface area contributed by atoms with E-state index in [1.807, 2.05) is 0 Å². The molecule has 0 spiro atoms. The van der Waals surface area contributed by atoms with E-state index in [-0.39, 0.29) is 11.9 Å². The second-order valence-corrected chi connectivity index (χ2v) is 8.16. The van der Waals surface area contributed by atoms with E-state index in [1.165, 1.54) is 70.6 Å². The topological polar surface area (TPSA) is 26.3 Å². The van der Waals surface area contributed by atoms with Crippen LogP contribution in [0.4, 0.5) is 0 Å². The van der Waals surface area contributed by atoms with E-state index in [1.54, 1.807) is 0 Å². The predicted octanol–water partition coefficient (Wildman–Crippen LogP) is 7.69. The molecule has 1 atom stereocenters. The smallest absolute Gasteiger partial charge is 0.308 e. The highest BCUT2D eigenvalue weighted by molar-refractivity contribution is 5.72. The molecule has 0 heterocycles. The predicted molar refractivity (Wildman–Crippen MR) is 110 cm³/mol. The van der Waals surface area contributed by atoms with Crippen LogP contribution < -0.4 is 0 Å². The Kier molecular flexibility index (Phi) is 17.9.